The summed E-state index contributed by atoms with van der Waals surface area (Å²) in [6, 6.07) is 14.8. The zero-order valence-corrected chi connectivity index (χ0v) is 12.4. The van der Waals surface area contributed by atoms with E-state index in [1.165, 1.54) is 0 Å². The zero-order chi connectivity index (χ0) is 14.4. The summed E-state index contributed by atoms with van der Waals surface area (Å²) >= 11 is 3.35. The number of amides is 1. The number of hydrogen-bond donors (Lipinski definition) is 2. The molecule has 0 aromatic heterocycles. The fourth-order valence-electron chi connectivity index (χ4n) is 1.67. The minimum Gasteiger partial charge on any atom is -0.484 e. The second-order valence-corrected chi connectivity index (χ2v) is 5.11. The topological polar surface area (TPSA) is 64.3 Å². The Labute approximate surface area is 126 Å². The third-order valence-electron chi connectivity index (χ3n) is 2.61. The number of ether oxygens (including phenoxy) is 1. The van der Waals surface area contributed by atoms with Gasteiger partial charge in [0.05, 0.1) is 0 Å². The minimum absolute atomic E-state index is 0.0411. The quantitative estimate of drug-likeness (QED) is 0.883. The smallest absolute Gasteiger partial charge is 0.262 e. The number of nitrogens with one attached hydrogen (secondary N) is 1. The van der Waals surface area contributed by atoms with Gasteiger partial charge in [0.1, 0.15) is 5.75 Å². The molecule has 0 aliphatic rings. The molecule has 1 amide bonds. The van der Waals surface area contributed by atoms with Crippen LogP contribution < -0.4 is 15.8 Å². The molecule has 5 heteroatoms. The van der Waals surface area contributed by atoms with Crippen molar-refractivity contribution in [3.8, 4) is 5.75 Å². The first kappa shape index (κ1) is 14.6. The molecule has 20 heavy (non-hydrogen) atoms. The minimum atomic E-state index is -0.207. The van der Waals surface area contributed by atoms with E-state index in [0.717, 1.165) is 15.7 Å². The molecule has 0 radical (unpaired) electrons. The summed E-state index contributed by atoms with van der Waals surface area (Å²) < 4.78 is 6.34. The average molecular weight is 335 g/mol. The second-order valence-electron chi connectivity index (χ2n) is 4.20. The highest BCUT2D eigenvalue weighted by Crippen LogP contribution is 2.16. The summed E-state index contributed by atoms with van der Waals surface area (Å²) in [4.78, 5) is 11.8. The van der Waals surface area contributed by atoms with E-state index in [4.69, 9.17) is 10.5 Å². The molecular formula is C15H15BrN2O2. The molecule has 2 rings (SSSR count). The van der Waals surface area contributed by atoms with Gasteiger partial charge in [-0.25, -0.2) is 0 Å². The van der Waals surface area contributed by atoms with Crippen molar-refractivity contribution >= 4 is 27.5 Å². The number of halogens is 1. The van der Waals surface area contributed by atoms with Crippen LogP contribution in [0.5, 0.6) is 5.75 Å². The van der Waals surface area contributed by atoms with E-state index in [2.05, 4.69) is 21.2 Å². The van der Waals surface area contributed by atoms with Crippen molar-refractivity contribution < 1.29 is 9.53 Å². The zero-order valence-electron chi connectivity index (χ0n) is 10.8. The van der Waals surface area contributed by atoms with Crippen molar-refractivity contribution in [3.63, 3.8) is 0 Å². The summed E-state index contributed by atoms with van der Waals surface area (Å²) in [6.07, 6.45) is 0. The molecule has 0 aliphatic heterocycles. The number of hydrogen-bond acceptors (Lipinski definition) is 3. The third kappa shape index (κ3) is 4.36. The van der Waals surface area contributed by atoms with Crippen LogP contribution in [0, 0.1) is 0 Å². The lowest BCUT2D eigenvalue weighted by molar-refractivity contribution is -0.118. The molecule has 2 aromatic carbocycles. The highest BCUT2D eigenvalue weighted by atomic mass is 79.9. The van der Waals surface area contributed by atoms with Crippen molar-refractivity contribution in [2.45, 2.75) is 6.54 Å². The number of nitrogens with two attached hydrogens (primary N) is 1. The van der Waals surface area contributed by atoms with Crippen LogP contribution >= 0.6 is 15.9 Å². The van der Waals surface area contributed by atoms with E-state index < -0.39 is 0 Å². The number of carbonyl (C=O) groups excluding carboxylic acids is 1. The molecule has 0 spiro atoms. The Morgan fingerprint density at radius 3 is 2.75 bits per heavy atom. The molecule has 0 fully saturated rings. The lowest BCUT2D eigenvalue weighted by atomic mass is 10.2. The SMILES string of the molecule is NCc1cccc(OCC(=O)Nc2cccc(Br)c2)c1. The summed E-state index contributed by atoms with van der Waals surface area (Å²) in [5, 5.41) is 2.76. The van der Waals surface area contributed by atoms with E-state index in [1.54, 1.807) is 6.07 Å². The van der Waals surface area contributed by atoms with Crippen LogP contribution in [-0.4, -0.2) is 12.5 Å². The number of rotatable bonds is 5. The Morgan fingerprint density at radius 2 is 2.00 bits per heavy atom. The van der Waals surface area contributed by atoms with E-state index in [0.29, 0.717) is 12.3 Å². The molecule has 0 heterocycles. The van der Waals surface area contributed by atoms with Gasteiger partial charge in [0.25, 0.3) is 5.91 Å². The van der Waals surface area contributed by atoms with Crippen LogP contribution in [0.1, 0.15) is 5.56 Å². The third-order valence-corrected chi connectivity index (χ3v) is 3.11. The summed E-state index contributed by atoms with van der Waals surface area (Å²) in [5.74, 6) is 0.429. The first-order valence-electron chi connectivity index (χ1n) is 6.14. The summed E-state index contributed by atoms with van der Waals surface area (Å²) in [5.41, 5.74) is 7.24. The summed E-state index contributed by atoms with van der Waals surface area (Å²) in [7, 11) is 0. The normalized spacial score (nSPS) is 10.1. The van der Waals surface area contributed by atoms with Crippen LogP contribution in [0.2, 0.25) is 0 Å². The van der Waals surface area contributed by atoms with E-state index in [9.17, 15) is 4.79 Å². The van der Waals surface area contributed by atoms with Gasteiger partial charge in [-0.05, 0) is 35.9 Å². The van der Waals surface area contributed by atoms with Crippen LogP contribution in [0.15, 0.2) is 53.0 Å². The predicted molar refractivity (Wildman–Crippen MR) is 82.6 cm³/mol. The van der Waals surface area contributed by atoms with Gasteiger partial charge in [-0.2, -0.15) is 0 Å². The monoisotopic (exact) mass is 334 g/mol. The molecule has 2 aromatic rings. The molecule has 3 N–H and O–H groups in total. The van der Waals surface area contributed by atoms with E-state index in [1.807, 2.05) is 42.5 Å². The number of carbonyl (C=O) groups is 1. The van der Waals surface area contributed by atoms with Gasteiger partial charge in [0, 0.05) is 16.7 Å². The van der Waals surface area contributed by atoms with E-state index in [-0.39, 0.29) is 12.5 Å². The number of anilines is 1. The molecule has 4 nitrogen and oxygen atoms in total. The maximum absolute atomic E-state index is 11.8. The Bertz CT molecular complexity index is 602. The van der Waals surface area contributed by atoms with Crippen LogP contribution in [0.3, 0.4) is 0 Å². The van der Waals surface area contributed by atoms with Gasteiger partial charge >= 0.3 is 0 Å². The highest BCUT2D eigenvalue weighted by Gasteiger charge is 2.04. The molecule has 104 valence electrons. The van der Waals surface area contributed by atoms with Crippen LogP contribution in [-0.2, 0) is 11.3 Å². The fraction of sp³-hybridized carbons (Fsp3) is 0.133. The fourth-order valence-corrected chi connectivity index (χ4v) is 2.07. The average Bonchev–Trinajstić information content (AvgIpc) is 2.45. The first-order valence-corrected chi connectivity index (χ1v) is 6.94. The largest absolute Gasteiger partial charge is 0.484 e. The Kier molecular flexibility index (Phi) is 5.15. The lowest BCUT2D eigenvalue weighted by Gasteiger charge is -2.08. The van der Waals surface area contributed by atoms with Gasteiger partial charge in [-0.1, -0.05) is 34.1 Å². The van der Waals surface area contributed by atoms with Gasteiger partial charge in [0.15, 0.2) is 6.61 Å². The first-order chi connectivity index (χ1) is 9.67. The van der Waals surface area contributed by atoms with Gasteiger partial charge < -0.3 is 15.8 Å². The number of benzene rings is 2. The van der Waals surface area contributed by atoms with Crippen molar-refractivity contribution in [2.24, 2.45) is 5.73 Å². The maximum Gasteiger partial charge on any atom is 0.262 e. The highest BCUT2D eigenvalue weighted by molar-refractivity contribution is 9.10. The van der Waals surface area contributed by atoms with Crippen molar-refractivity contribution in [2.75, 3.05) is 11.9 Å². The van der Waals surface area contributed by atoms with Crippen molar-refractivity contribution in [3.05, 3.63) is 58.6 Å². The molecule has 0 saturated carbocycles. The van der Waals surface area contributed by atoms with Gasteiger partial charge in [-0.3, -0.25) is 4.79 Å². The molecule has 0 aliphatic carbocycles. The second kappa shape index (κ2) is 7.07. The lowest BCUT2D eigenvalue weighted by Crippen LogP contribution is -2.20. The maximum atomic E-state index is 11.8. The Morgan fingerprint density at radius 1 is 1.20 bits per heavy atom. The van der Waals surface area contributed by atoms with Crippen molar-refractivity contribution in [1.82, 2.24) is 0 Å². The molecule has 0 saturated heterocycles. The van der Waals surface area contributed by atoms with Crippen molar-refractivity contribution in [1.29, 1.82) is 0 Å². The van der Waals surface area contributed by atoms with Crippen LogP contribution in [0.25, 0.3) is 0 Å². The van der Waals surface area contributed by atoms with Gasteiger partial charge in [-0.15, -0.1) is 0 Å². The van der Waals surface area contributed by atoms with Gasteiger partial charge in [0.2, 0.25) is 0 Å². The molecule has 0 atom stereocenters. The van der Waals surface area contributed by atoms with Crippen LogP contribution in [0.4, 0.5) is 5.69 Å². The molecule has 0 unspecified atom stereocenters. The summed E-state index contributed by atoms with van der Waals surface area (Å²) in [6.45, 7) is 0.405. The molecular weight excluding hydrogens is 320 g/mol. The molecule has 0 bridgehead atoms. The standard InChI is InChI=1S/C15H15BrN2O2/c16-12-4-2-5-13(8-12)18-15(19)10-20-14-6-1-3-11(7-14)9-17/h1-8H,9-10,17H2,(H,18,19). The Balaban J connectivity index is 1.88. The van der Waals surface area contributed by atoms with E-state index >= 15 is 0 Å². The Hall–Kier alpha value is -1.85. The predicted octanol–water partition coefficient (Wildman–Crippen LogP) is 2.93.